The molecule has 96 valence electrons. The van der Waals surface area contributed by atoms with Crippen molar-refractivity contribution in [3.05, 3.63) is 58.3 Å². The molecule has 0 aromatic heterocycles. The Kier molecular flexibility index (Phi) is 3.74. The highest BCUT2D eigenvalue weighted by atomic mass is 19.1. The molecule has 0 saturated heterocycles. The van der Waals surface area contributed by atoms with E-state index in [1.165, 1.54) is 19.1 Å². The molecule has 4 heteroatoms. The van der Waals surface area contributed by atoms with E-state index in [2.05, 4.69) is 0 Å². The molecule has 0 amide bonds. The lowest BCUT2D eigenvalue weighted by Gasteiger charge is -1.99. The summed E-state index contributed by atoms with van der Waals surface area (Å²) in [5.74, 6) is 1.22. The van der Waals surface area contributed by atoms with Crippen molar-refractivity contribution in [2.24, 2.45) is 0 Å². The number of halogens is 1. The van der Waals surface area contributed by atoms with Crippen LogP contribution >= 0.6 is 0 Å². The molecule has 1 aromatic rings. The average Bonchev–Trinajstić information content (AvgIpc) is 2.85. The molecular weight excluding hydrogens is 245 g/mol. The number of hydrogen-bond acceptors (Lipinski definition) is 3. The molecule has 19 heavy (non-hydrogen) atoms. The number of allylic oxidation sites excluding steroid dienone is 2. The maximum absolute atomic E-state index is 13.5. The summed E-state index contributed by atoms with van der Waals surface area (Å²) >= 11 is 0. The van der Waals surface area contributed by atoms with Gasteiger partial charge in [0, 0.05) is 6.92 Å². The minimum Gasteiger partial charge on any atom is -0.461 e. The number of esters is 1. The standard InChI is InChI=1S/C15H12FNO2/c1-10(18)19-9-11-2-3-12(6-11)13-4-5-14(8-17)15(16)7-13/h2-7,17H,9H2,1H3/b13-12-. The smallest absolute Gasteiger partial charge is 0.302 e. The van der Waals surface area contributed by atoms with Gasteiger partial charge in [-0.3, -0.25) is 10.2 Å². The molecule has 0 fully saturated rings. The first kappa shape index (κ1) is 13.0. The summed E-state index contributed by atoms with van der Waals surface area (Å²) < 4.78 is 18.4. The van der Waals surface area contributed by atoms with Crippen LogP contribution in [0.25, 0.3) is 5.57 Å². The highest BCUT2D eigenvalue weighted by Gasteiger charge is 2.05. The molecule has 0 heterocycles. The molecule has 1 N–H and O–H groups in total. The molecule has 0 spiro atoms. The highest BCUT2D eigenvalue weighted by Crippen LogP contribution is 2.15. The first-order valence-corrected chi connectivity index (χ1v) is 5.72. The van der Waals surface area contributed by atoms with Crippen LogP contribution in [0, 0.1) is 11.2 Å². The number of hydrogen-bond donors (Lipinski definition) is 1. The summed E-state index contributed by atoms with van der Waals surface area (Å²) in [5, 5.41) is 7.77. The van der Waals surface area contributed by atoms with Gasteiger partial charge in [0.15, 0.2) is 0 Å². The monoisotopic (exact) mass is 257 g/mol. The molecule has 0 radical (unpaired) electrons. The molecule has 1 aliphatic rings. The van der Waals surface area contributed by atoms with E-state index in [1.807, 2.05) is 24.1 Å². The molecule has 2 rings (SSSR count). The fourth-order valence-electron chi connectivity index (χ4n) is 1.74. The molecule has 0 bridgehead atoms. The summed E-state index contributed by atoms with van der Waals surface area (Å²) in [7, 11) is 0. The lowest BCUT2D eigenvalue weighted by Crippen LogP contribution is -2.15. The number of nitrogens with one attached hydrogen (secondary N) is 1. The van der Waals surface area contributed by atoms with Gasteiger partial charge in [-0.2, -0.15) is 0 Å². The van der Waals surface area contributed by atoms with Gasteiger partial charge in [0.1, 0.15) is 12.4 Å². The Morgan fingerprint density at radius 2 is 2.21 bits per heavy atom. The maximum atomic E-state index is 13.5. The van der Waals surface area contributed by atoms with Crippen LogP contribution in [0.15, 0.2) is 42.0 Å². The largest absolute Gasteiger partial charge is 0.461 e. The van der Waals surface area contributed by atoms with Gasteiger partial charge in [-0.15, -0.1) is 0 Å². The van der Waals surface area contributed by atoms with Gasteiger partial charge < -0.3 is 4.74 Å². The predicted octanol–water partition coefficient (Wildman–Crippen LogP) is 0.956. The molecule has 0 unspecified atom stereocenters. The number of rotatable bonds is 2. The van der Waals surface area contributed by atoms with Crippen LogP contribution in [0.1, 0.15) is 6.92 Å². The zero-order valence-electron chi connectivity index (χ0n) is 10.4. The second-order valence-corrected chi connectivity index (χ2v) is 4.11. The van der Waals surface area contributed by atoms with E-state index < -0.39 is 5.82 Å². The Balaban J connectivity index is 2.35. The predicted molar refractivity (Wildman–Crippen MR) is 69.7 cm³/mol. The number of ether oxygens (including phenoxy) is 1. The van der Waals surface area contributed by atoms with Gasteiger partial charge in [0.25, 0.3) is 0 Å². The fourth-order valence-corrected chi connectivity index (χ4v) is 1.74. The van der Waals surface area contributed by atoms with Crippen LogP contribution in [-0.4, -0.2) is 18.4 Å². The molecule has 0 saturated carbocycles. The second kappa shape index (κ2) is 5.46. The minimum absolute atomic E-state index is 0.135. The first-order chi connectivity index (χ1) is 9.10. The molecule has 0 atom stereocenters. The molecule has 1 aliphatic carbocycles. The van der Waals surface area contributed by atoms with Crippen molar-refractivity contribution >= 4 is 17.4 Å². The van der Waals surface area contributed by atoms with Gasteiger partial charge >= 0.3 is 5.97 Å². The van der Waals surface area contributed by atoms with Crippen molar-refractivity contribution in [3.63, 3.8) is 0 Å². The summed E-state index contributed by atoms with van der Waals surface area (Å²) in [5.41, 5.74) is 1.70. The first-order valence-electron chi connectivity index (χ1n) is 5.72. The second-order valence-electron chi connectivity index (χ2n) is 4.11. The van der Waals surface area contributed by atoms with Gasteiger partial charge in [-0.25, -0.2) is 4.39 Å². The third kappa shape index (κ3) is 3.06. The molecule has 0 aliphatic heterocycles. The topological polar surface area (TPSA) is 50.2 Å². The van der Waals surface area contributed by atoms with E-state index in [0.29, 0.717) is 5.22 Å². The minimum atomic E-state index is -0.477. The SMILES string of the molecule is CC(=O)OCC1=C/C(=c2/ccc(=C=N)c(F)c2)C=C1. The fraction of sp³-hybridized carbons (Fsp3) is 0.133. The summed E-state index contributed by atoms with van der Waals surface area (Å²) in [4.78, 5) is 10.7. The molecular formula is C15H12FNO2. The average molecular weight is 257 g/mol. The van der Waals surface area contributed by atoms with Gasteiger partial charge in [0.05, 0.1) is 5.22 Å². The molecule has 1 aromatic carbocycles. The van der Waals surface area contributed by atoms with E-state index >= 15 is 0 Å². The quantitative estimate of drug-likeness (QED) is 0.633. The van der Waals surface area contributed by atoms with Crippen LogP contribution in [0.2, 0.25) is 0 Å². The van der Waals surface area contributed by atoms with Crippen LogP contribution < -0.4 is 10.4 Å². The summed E-state index contributed by atoms with van der Waals surface area (Å²) in [6.07, 6.45) is 5.50. The highest BCUT2D eigenvalue weighted by molar-refractivity contribution is 5.74. The van der Waals surface area contributed by atoms with Crippen LogP contribution in [0.3, 0.4) is 0 Å². The van der Waals surface area contributed by atoms with E-state index in [1.54, 1.807) is 6.07 Å². The van der Waals surface area contributed by atoms with E-state index in [9.17, 15) is 9.18 Å². The third-order valence-electron chi connectivity index (χ3n) is 2.70. The number of benzene rings is 1. The molecule has 3 nitrogen and oxygen atoms in total. The zero-order chi connectivity index (χ0) is 13.8. The Morgan fingerprint density at radius 1 is 1.42 bits per heavy atom. The van der Waals surface area contributed by atoms with E-state index in [0.717, 1.165) is 11.1 Å². The van der Waals surface area contributed by atoms with Crippen molar-refractivity contribution in [1.82, 2.24) is 0 Å². The number of carbonyl (C=O) groups excluding carboxylic acids is 1. The lowest BCUT2D eigenvalue weighted by atomic mass is 10.1. The Labute approximate surface area is 109 Å². The van der Waals surface area contributed by atoms with Crippen LogP contribution in [0.4, 0.5) is 4.39 Å². The summed E-state index contributed by atoms with van der Waals surface area (Å²) in [6.45, 7) is 1.57. The van der Waals surface area contributed by atoms with E-state index in [-0.39, 0.29) is 17.8 Å². The normalized spacial score (nSPS) is 16.0. The van der Waals surface area contributed by atoms with Crippen molar-refractivity contribution in [3.8, 4) is 0 Å². The summed E-state index contributed by atoms with van der Waals surface area (Å²) in [6, 6.07) is 4.60. The van der Waals surface area contributed by atoms with Crippen LogP contribution in [0.5, 0.6) is 0 Å². The van der Waals surface area contributed by atoms with Crippen LogP contribution in [-0.2, 0) is 9.53 Å². The Morgan fingerprint density at radius 3 is 2.84 bits per heavy atom. The number of carbonyl (C=O) groups is 1. The third-order valence-corrected chi connectivity index (χ3v) is 2.70. The lowest BCUT2D eigenvalue weighted by molar-refractivity contribution is -0.139. The van der Waals surface area contributed by atoms with Gasteiger partial charge in [-0.1, -0.05) is 18.2 Å². The van der Waals surface area contributed by atoms with Crippen molar-refractivity contribution in [2.45, 2.75) is 6.92 Å². The van der Waals surface area contributed by atoms with Gasteiger partial charge in [0.2, 0.25) is 0 Å². The van der Waals surface area contributed by atoms with Crippen molar-refractivity contribution < 1.29 is 13.9 Å². The van der Waals surface area contributed by atoms with Gasteiger partial charge in [-0.05, 0) is 40.4 Å². The van der Waals surface area contributed by atoms with E-state index in [4.69, 9.17) is 10.1 Å². The zero-order valence-corrected chi connectivity index (χ0v) is 10.4. The Hall–Kier alpha value is -2.45. The maximum Gasteiger partial charge on any atom is 0.302 e. The van der Waals surface area contributed by atoms with Crippen molar-refractivity contribution in [2.75, 3.05) is 6.61 Å². The van der Waals surface area contributed by atoms with Crippen molar-refractivity contribution in [1.29, 1.82) is 5.41 Å². The Bertz CT molecular complexity index is 725.